The standard InChI is InChI=1S/C20H35N5O3/c1-23-10-11-24(19(23)27)9-7-21-18(26)20-6-2-3-8-25(20)15-17(14-20)22-16-4-12-28-13-5-16/h16-17,22H,2-15H2,1H3,(H,21,26)/t17-,20-/m0/s1. The lowest BCUT2D eigenvalue weighted by molar-refractivity contribution is -0.133. The third-order valence-electron chi connectivity index (χ3n) is 6.98. The number of urea groups is 1. The van der Waals surface area contributed by atoms with E-state index in [9.17, 15) is 9.59 Å². The van der Waals surface area contributed by atoms with E-state index in [1.807, 2.05) is 11.9 Å². The molecule has 2 N–H and O–H groups in total. The number of fused-ring (bicyclic) bond motifs is 1. The number of carbonyl (C=O) groups excluding carboxylic acids is 2. The maximum Gasteiger partial charge on any atom is 0.319 e. The molecule has 0 unspecified atom stereocenters. The number of hydrogen-bond donors (Lipinski definition) is 2. The van der Waals surface area contributed by atoms with Gasteiger partial charge in [-0.05, 0) is 45.1 Å². The van der Waals surface area contributed by atoms with Crippen molar-refractivity contribution in [2.24, 2.45) is 0 Å². The highest BCUT2D eigenvalue weighted by Crippen LogP contribution is 2.38. The topological polar surface area (TPSA) is 77.2 Å². The van der Waals surface area contributed by atoms with Gasteiger partial charge in [0, 0.05) is 65.1 Å². The van der Waals surface area contributed by atoms with Crippen LogP contribution in [0.4, 0.5) is 4.79 Å². The number of ether oxygens (including phenoxy) is 1. The maximum absolute atomic E-state index is 13.2. The van der Waals surface area contributed by atoms with E-state index in [1.54, 1.807) is 4.90 Å². The Hall–Kier alpha value is -1.38. The normalized spacial score (nSPS) is 32.0. The first kappa shape index (κ1) is 19.9. The molecule has 4 saturated heterocycles. The van der Waals surface area contributed by atoms with Gasteiger partial charge < -0.3 is 25.2 Å². The van der Waals surface area contributed by atoms with E-state index in [2.05, 4.69) is 15.5 Å². The van der Waals surface area contributed by atoms with Crippen molar-refractivity contribution in [1.82, 2.24) is 25.3 Å². The van der Waals surface area contributed by atoms with Gasteiger partial charge in [-0.2, -0.15) is 0 Å². The number of hydrogen-bond acceptors (Lipinski definition) is 5. The van der Waals surface area contributed by atoms with E-state index >= 15 is 0 Å². The molecule has 8 heteroatoms. The summed E-state index contributed by atoms with van der Waals surface area (Å²) in [5.41, 5.74) is -0.368. The lowest BCUT2D eigenvalue weighted by Gasteiger charge is -2.40. The summed E-state index contributed by atoms with van der Waals surface area (Å²) in [6, 6.07) is 0.951. The van der Waals surface area contributed by atoms with Crippen molar-refractivity contribution in [3.63, 3.8) is 0 Å². The Kier molecular flexibility index (Phi) is 6.08. The molecule has 158 valence electrons. The van der Waals surface area contributed by atoms with Crippen LogP contribution in [0.25, 0.3) is 0 Å². The van der Waals surface area contributed by atoms with E-state index in [1.165, 1.54) is 6.42 Å². The summed E-state index contributed by atoms with van der Waals surface area (Å²) in [4.78, 5) is 31.2. The minimum Gasteiger partial charge on any atom is -0.381 e. The van der Waals surface area contributed by atoms with E-state index in [-0.39, 0.29) is 17.5 Å². The Balaban J connectivity index is 1.32. The number of nitrogens with one attached hydrogen (secondary N) is 2. The third-order valence-corrected chi connectivity index (χ3v) is 6.98. The Bertz CT molecular complexity index is 582. The van der Waals surface area contributed by atoms with E-state index in [0.717, 1.165) is 71.5 Å². The Morgan fingerprint density at radius 1 is 1.18 bits per heavy atom. The number of likely N-dealkylation sites (N-methyl/N-ethyl adjacent to an activating group) is 1. The molecule has 4 fully saturated rings. The average Bonchev–Trinajstić information content (AvgIpc) is 3.24. The number of nitrogens with zero attached hydrogens (tertiary/aromatic N) is 3. The van der Waals surface area contributed by atoms with Crippen molar-refractivity contribution in [3.8, 4) is 0 Å². The second-order valence-corrected chi connectivity index (χ2v) is 8.84. The summed E-state index contributed by atoms with van der Waals surface area (Å²) < 4.78 is 5.47. The maximum atomic E-state index is 13.2. The van der Waals surface area contributed by atoms with Crippen molar-refractivity contribution in [1.29, 1.82) is 0 Å². The van der Waals surface area contributed by atoms with Crippen LogP contribution in [-0.2, 0) is 9.53 Å². The van der Waals surface area contributed by atoms with Gasteiger partial charge in [0.25, 0.3) is 0 Å². The second kappa shape index (κ2) is 8.55. The van der Waals surface area contributed by atoms with Gasteiger partial charge in [0.05, 0.1) is 0 Å². The van der Waals surface area contributed by atoms with Gasteiger partial charge in [-0.3, -0.25) is 9.69 Å². The molecule has 0 bridgehead atoms. The van der Waals surface area contributed by atoms with Crippen LogP contribution in [0.2, 0.25) is 0 Å². The molecule has 0 aromatic heterocycles. The van der Waals surface area contributed by atoms with Crippen LogP contribution < -0.4 is 10.6 Å². The number of rotatable bonds is 6. The van der Waals surface area contributed by atoms with Gasteiger partial charge >= 0.3 is 6.03 Å². The fraction of sp³-hybridized carbons (Fsp3) is 0.900. The Morgan fingerprint density at radius 3 is 2.75 bits per heavy atom. The van der Waals surface area contributed by atoms with Crippen LogP contribution in [0, 0.1) is 0 Å². The molecule has 4 aliphatic rings. The molecule has 3 amide bonds. The van der Waals surface area contributed by atoms with Gasteiger partial charge in [0.2, 0.25) is 5.91 Å². The largest absolute Gasteiger partial charge is 0.381 e. The summed E-state index contributed by atoms with van der Waals surface area (Å²) >= 11 is 0. The quantitative estimate of drug-likeness (QED) is 0.676. The molecular weight excluding hydrogens is 358 g/mol. The molecule has 8 nitrogen and oxygen atoms in total. The van der Waals surface area contributed by atoms with E-state index < -0.39 is 0 Å². The van der Waals surface area contributed by atoms with E-state index in [0.29, 0.717) is 25.2 Å². The van der Waals surface area contributed by atoms with Crippen LogP contribution >= 0.6 is 0 Å². The predicted octanol–water partition coefficient (Wildman–Crippen LogP) is 0.236. The van der Waals surface area contributed by atoms with Crippen molar-refractivity contribution in [2.75, 3.05) is 59.5 Å². The van der Waals surface area contributed by atoms with Crippen LogP contribution in [0.15, 0.2) is 0 Å². The van der Waals surface area contributed by atoms with Gasteiger partial charge in [0.1, 0.15) is 5.54 Å². The molecule has 0 aromatic rings. The molecule has 0 aromatic carbocycles. The van der Waals surface area contributed by atoms with Crippen molar-refractivity contribution in [3.05, 3.63) is 0 Å². The van der Waals surface area contributed by atoms with Gasteiger partial charge in [-0.1, -0.05) is 0 Å². The first-order valence-corrected chi connectivity index (χ1v) is 11.0. The summed E-state index contributed by atoms with van der Waals surface area (Å²) in [5.74, 6) is 0.156. The average molecular weight is 394 g/mol. The summed E-state index contributed by atoms with van der Waals surface area (Å²) in [6.07, 6.45) is 6.25. The molecule has 4 heterocycles. The van der Waals surface area contributed by atoms with Gasteiger partial charge in [-0.15, -0.1) is 0 Å². The van der Waals surface area contributed by atoms with Crippen molar-refractivity contribution < 1.29 is 14.3 Å². The fourth-order valence-electron chi connectivity index (χ4n) is 5.37. The van der Waals surface area contributed by atoms with Crippen LogP contribution in [-0.4, -0.2) is 104 Å². The SMILES string of the molecule is CN1CCN(CCNC(=O)[C@@]23CCCCN2C[C@@H](NC2CCOCC2)C3)C1=O. The molecule has 0 saturated carbocycles. The summed E-state index contributed by atoms with van der Waals surface area (Å²) in [6.45, 7) is 6.29. The van der Waals surface area contributed by atoms with Gasteiger partial charge in [-0.25, -0.2) is 4.79 Å². The summed E-state index contributed by atoms with van der Waals surface area (Å²) in [7, 11) is 1.82. The highest BCUT2D eigenvalue weighted by Gasteiger charge is 2.52. The smallest absolute Gasteiger partial charge is 0.319 e. The third kappa shape index (κ3) is 4.00. The molecule has 0 spiro atoms. The molecular formula is C20H35N5O3. The number of amides is 3. The monoisotopic (exact) mass is 393 g/mol. The molecule has 4 aliphatic heterocycles. The minimum absolute atomic E-state index is 0.0632. The lowest BCUT2D eigenvalue weighted by atomic mass is 9.84. The molecule has 4 rings (SSSR count). The molecule has 0 radical (unpaired) electrons. The predicted molar refractivity (Wildman–Crippen MR) is 106 cm³/mol. The first-order valence-electron chi connectivity index (χ1n) is 11.0. The fourth-order valence-corrected chi connectivity index (χ4v) is 5.37. The van der Waals surface area contributed by atoms with Crippen LogP contribution in [0.3, 0.4) is 0 Å². The highest BCUT2D eigenvalue weighted by atomic mass is 16.5. The minimum atomic E-state index is -0.368. The first-order chi connectivity index (χ1) is 13.6. The zero-order valence-electron chi connectivity index (χ0n) is 17.1. The van der Waals surface area contributed by atoms with Crippen LogP contribution in [0.5, 0.6) is 0 Å². The zero-order chi connectivity index (χ0) is 19.6. The summed E-state index contributed by atoms with van der Waals surface area (Å²) in [5, 5.41) is 6.97. The number of piperidine rings is 1. The van der Waals surface area contributed by atoms with Gasteiger partial charge in [0.15, 0.2) is 0 Å². The molecule has 28 heavy (non-hydrogen) atoms. The Morgan fingerprint density at radius 2 is 2.00 bits per heavy atom. The van der Waals surface area contributed by atoms with Crippen LogP contribution in [0.1, 0.15) is 38.5 Å². The van der Waals surface area contributed by atoms with Crippen molar-refractivity contribution >= 4 is 11.9 Å². The lowest BCUT2D eigenvalue weighted by Crippen LogP contribution is -2.58. The second-order valence-electron chi connectivity index (χ2n) is 8.84. The highest BCUT2D eigenvalue weighted by molar-refractivity contribution is 5.87. The number of carbonyl (C=O) groups is 2. The molecule has 0 aliphatic carbocycles. The molecule has 2 atom stereocenters. The van der Waals surface area contributed by atoms with Crippen molar-refractivity contribution in [2.45, 2.75) is 56.1 Å². The Labute approximate surface area is 167 Å². The zero-order valence-corrected chi connectivity index (χ0v) is 17.1. The van der Waals surface area contributed by atoms with E-state index in [4.69, 9.17) is 4.74 Å².